The summed E-state index contributed by atoms with van der Waals surface area (Å²) in [4.78, 5) is 41.1. The Morgan fingerprint density at radius 2 is 1.81 bits per heavy atom. The molecular weight excluding hydrogens is 426 g/mol. The van der Waals surface area contributed by atoms with E-state index >= 15 is 0 Å². The van der Waals surface area contributed by atoms with Gasteiger partial charge in [0.2, 0.25) is 5.91 Å². The van der Waals surface area contributed by atoms with Crippen LogP contribution in [0.1, 0.15) is 46.7 Å². The molecule has 1 aliphatic rings. The van der Waals surface area contributed by atoms with E-state index in [0.29, 0.717) is 49.7 Å². The highest BCUT2D eigenvalue weighted by atomic mass is 32.1. The van der Waals surface area contributed by atoms with E-state index in [9.17, 15) is 14.4 Å². The maximum Gasteiger partial charge on any atom is 0.263 e. The van der Waals surface area contributed by atoms with Gasteiger partial charge in [-0.25, -0.2) is 0 Å². The number of piperidine rings is 1. The summed E-state index contributed by atoms with van der Waals surface area (Å²) >= 11 is 1.43. The van der Waals surface area contributed by atoms with Gasteiger partial charge in [-0.2, -0.15) is 0 Å². The summed E-state index contributed by atoms with van der Waals surface area (Å²) in [7, 11) is 1.57. The fourth-order valence-corrected chi connectivity index (χ4v) is 4.46. The van der Waals surface area contributed by atoms with Crippen LogP contribution in [-0.4, -0.2) is 55.4 Å². The molecule has 0 spiro atoms. The van der Waals surface area contributed by atoms with Gasteiger partial charge in [-0.1, -0.05) is 19.9 Å². The van der Waals surface area contributed by atoms with Crippen LogP contribution in [0.3, 0.4) is 0 Å². The fraction of sp³-hybridized carbons (Fsp3) is 0.458. The Bertz CT molecular complexity index is 904. The van der Waals surface area contributed by atoms with Crippen molar-refractivity contribution in [2.45, 2.75) is 32.7 Å². The molecule has 0 unspecified atom stereocenters. The van der Waals surface area contributed by atoms with Crippen molar-refractivity contribution in [3.8, 4) is 5.75 Å². The van der Waals surface area contributed by atoms with Crippen LogP contribution in [-0.2, 0) is 4.79 Å². The number of rotatable bonds is 8. The van der Waals surface area contributed by atoms with Crippen molar-refractivity contribution in [3.63, 3.8) is 0 Å². The molecule has 0 saturated carbocycles. The van der Waals surface area contributed by atoms with Gasteiger partial charge in [-0.3, -0.25) is 14.4 Å². The lowest BCUT2D eigenvalue weighted by Gasteiger charge is -2.35. The molecule has 2 N–H and O–H groups in total. The SMILES string of the molecule is COc1ccc(C(=O)N[C@H](C(=O)NCC(C)C)C2CCN(C(=O)c3cccs3)CC2)cc1. The molecular formula is C24H31N3O4S. The lowest BCUT2D eigenvalue weighted by molar-refractivity contribution is -0.124. The summed E-state index contributed by atoms with van der Waals surface area (Å²) in [6.07, 6.45) is 1.31. The Morgan fingerprint density at radius 3 is 2.38 bits per heavy atom. The zero-order valence-corrected chi connectivity index (χ0v) is 19.6. The number of ether oxygens (including phenoxy) is 1. The molecule has 0 bridgehead atoms. The van der Waals surface area contributed by atoms with E-state index in [0.717, 1.165) is 4.88 Å². The molecule has 1 aliphatic heterocycles. The highest BCUT2D eigenvalue weighted by Crippen LogP contribution is 2.24. The molecule has 1 aromatic heterocycles. The van der Waals surface area contributed by atoms with E-state index in [-0.39, 0.29) is 23.6 Å². The molecule has 0 radical (unpaired) electrons. The van der Waals surface area contributed by atoms with Gasteiger partial charge in [-0.05, 0) is 60.4 Å². The van der Waals surface area contributed by atoms with Crippen LogP contribution in [0.2, 0.25) is 0 Å². The second-order valence-corrected chi connectivity index (χ2v) is 9.37. The first-order chi connectivity index (χ1) is 15.4. The molecule has 1 saturated heterocycles. The summed E-state index contributed by atoms with van der Waals surface area (Å²) in [6, 6.07) is 9.85. The Hall–Kier alpha value is -2.87. The summed E-state index contributed by atoms with van der Waals surface area (Å²) < 4.78 is 5.15. The standard InChI is InChI=1S/C24H31N3O4S/c1-16(2)15-25-23(29)21(26-22(28)18-6-8-19(31-3)9-7-18)17-10-12-27(13-11-17)24(30)20-5-4-14-32-20/h4-9,14,16-17,21H,10-13,15H2,1-3H3,(H,25,29)(H,26,28)/t21-/m0/s1. The quantitative estimate of drug-likeness (QED) is 0.637. The molecule has 2 aromatic rings. The van der Waals surface area contributed by atoms with Crippen molar-refractivity contribution < 1.29 is 19.1 Å². The number of hydrogen-bond acceptors (Lipinski definition) is 5. The summed E-state index contributed by atoms with van der Waals surface area (Å²) in [5.74, 6) is 0.481. The zero-order valence-electron chi connectivity index (χ0n) is 18.8. The first-order valence-electron chi connectivity index (χ1n) is 10.9. The van der Waals surface area contributed by atoms with Gasteiger partial charge in [0.1, 0.15) is 11.8 Å². The van der Waals surface area contributed by atoms with Crippen LogP contribution in [0.25, 0.3) is 0 Å². The Kier molecular flexibility index (Phi) is 8.27. The monoisotopic (exact) mass is 457 g/mol. The molecule has 1 aromatic carbocycles. The highest BCUT2D eigenvalue weighted by Gasteiger charge is 2.34. The molecule has 1 atom stereocenters. The van der Waals surface area contributed by atoms with E-state index in [2.05, 4.69) is 10.6 Å². The minimum Gasteiger partial charge on any atom is -0.497 e. The van der Waals surface area contributed by atoms with Crippen LogP contribution in [0.15, 0.2) is 41.8 Å². The molecule has 172 valence electrons. The minimum atomic E-state index is -0.651. The van der Waals surface area contributed by atoms with Gasteiger partial charge in [0, 0.05) is 25.2 Å². The number of likely N-dealkylation sites (tertiary alicyclic amines) is 1. The molecule has 1 fully saturated rings. The topological polar surface area (TPSA) is 87.7 Å². The second-order valence-electron chi connectivity index (χ2n) is 8.43. The summed E-state index contributed by atoms with van der Waals surface area (Å²) in [6.45, 7) is 5.73. The smallest absolute Gasteiger partial charge is 0.263 e. The van der Waals surface area contributed by atoms with Crippen LogP contribution in [0, 0.1) is 11.8 Å². The molecule has 32 heavy (non-hydrogen) atoms. The molecule has 2 heterocycles. The second kappa shape index (κ2) is 11.1. The van der Waals surface area contributed by atoms with E-state index in [4.69, 9.17) is 4.74 Å². The summed E-state index contributed by atoms with van der Waals surface area (Å²) in [5.41, 5.74) is 0.470. The highest BCUT2D eigenvalue weighted by molar-refractivity contribution is 7.12. The number of carbonyl (C=O) groups is 3. The lowest BCUT2D eigenvalue weighted by Crippen LogP contribution is -2.54. The molecule has 3 amide bonds. The maximum atomic E-state index is 13.0. The predicted molar refractivity (Wildman–Crippen MR) is 125 cm³/mol. The zero-order chi connectivity index (χ0) is 23.1. The number of nitrogens with zero attached hydrogens (tertiary/aromatic N) is 1. The van der Waals surface area contributed by atoms with Gasteiger partial charge in [-0.15, -0.1) is 11.3 Å². The van der Waals surface area contributed by atoms with Gasteiger partial charge >= 0.3 is 0 Å². The average Bonchev–Trinajstić information content (AvgIpc) is 3.35. The Balaban J connectivity index is 1.67. The van der Waals surface area contributed by atoms with Crippen molar-refractivity contribution in [3.05, 3.63) is 52.2 Å². The third-order valence-corrected chi connectivity index (χ3v) is 6.49. The van der Waals surface area contributed by atoms with Crippen LogP contribution in [0.5, 0.6) is 5.75 Å². The number of nitrogens with one attached hydrogen (secondary N) is 2. The normalized spacial score (nSPS) is 15.3. The third-order valence-electron chi connectivity index (χ3n) is 5.64. The number of carbonyl (C=O) groups excluding carboxylic acids is 3. The number of amides is 3. The van der Waals surface area contributed by atoms with Crippen molar-refractivity contribution in [2.24, 2.45) is 11.8 Å². The van der Waals surface area contributed by atoms with Crippen LogP contribution < -0.4 is 15.4 Å². The lowest BCUT2D eigenvalue weighted by atomic mass is 9.88. The first kappa shape index (κ1) is 23.8. The molecule has 8 heteroatoms. The molecule has 3 rings (SSSR count). The van der Waals surface area contributed by atoms with Crippen LogP contribution >= 0.6 is 11.3 Å². The van der Waals surface area contributed by atoms with E-state index in [1.807, 2.05) is 36.3 Å². The van der Waals surface area contributed by atoms with E-state index in [1.165, 1.54) is 11.3 Å². The third kappa shape index (κ3) is 6.09. The van der Waals surface area contributed by atoms with Crippen molar-refractivity contribution in [1.29, 1.82) is 0 Å². The van der Waals surface area contributed by atoms with Crippen LogP contribution in [0.4, 0.5) is 0 Å². The van der Waals surface area contributed by atoms with E-state index in [1.54, 1.807) is 31.4 Å². The van der Waals surface area contributed by atoms with Gasteiger partial charge < -0.3 is 20.3 Å². The number of thiophene rings is 1. The Labute approximate surface area is 193 Å². The minimum absolute atomic E-state index is 0.0292. The molecule has 0 aliphatic carbocycles. The first-order valence-corrected chi connectivity index (χ1v) is 11.8. The predicted octanol–water partition coefficient (Wildman–Crippen LogP) is 3.18. The van der Waals surface area contributed by atoms with Crippen molar-refractivity contribution in [1.82, 2.24) is 15.5 Å². The summed E-state index contributed by atoms with van der Waals surface area (Å²) in [5, 5.41) is 7.79. The molecule has 7 nitrogen and oxygen atoms in total. The maximum absolute atomic E-state index is 13.0. The van der Waals surface area contributed by atoms with Gasteiger partial charge in [0.25, 0.3) is 11.8 Å². The fourth-order valence-electron chi connectivity index (χ4n) is 3.77. The van der Waals surface area contributed by atoms with Crippen molar-refractivity contribution in [2.75, 3.05) is 26.7 Å². The number of methoxy groups -OCH3 is 1. The van der Waals surface area contributed by atoms with Gasteiger partial charge in [0.05, 0.1) is 12.0 Å². The number of benzene rings is 1. The van der Waals surface area contributed by atoms with E-state index < -0.39 is 6.04 Å². The van der Waals surface area contributed by atoms with Gasteiger partial charge in [0.15, 0.2) is 0 Å². The number of hydrogen-bond donors (Lipinski definition) is 2. The van der Waals surface area contributed by atoms with Crippen molar-refractivity contribution >= 4 is 29.1 Å². The Morgan fingerprint density at radius 1 is 1.12 bits per heavy atom. The average molecular weight is 458 g/mol. The largest absolute Gasteiger partial charge is 0.497 e.